The van der Waals surface area contributed by atoms with Crippen molar-refractivity contribution in [2.75, 3.05) is 0 Å². The SMILES string of the molecule is Cc1ccc(CC2C[C@H]3CC[C@@H](C2)N3)o1. The van der Waals surface area contributed by atoms with Crippen LogP contribution in [-0.4, -0.2) is 12.1 Å². The lowest BCUT2D eigenvalue weighted by molar-refractivity contribution is 0.284. The highest BCUT2D eigenvalue weighted by Gasteiger charge is 2.33. The van der Waals surface area contributed by atoms with E-state index in [2.05, 4.69) is 17.4 Å². The van der Waals surface area contributed by atoms with Crippen LogP contribution in [0.15, 0.2) is 16.5 Å². The third kappa shape index (κ3) is 1.96. The normalized spacial score (nSPS) is 34.6. The van der Waals surface area contributed by atoms with Gasteiger partial charge in [-0.1, -0.05) is 0 Å². The van der Waals surface area contributed by atoms with E-state index in [1.807, 2.05) is 6.92 Å². The lowest BCUT2D eigenvalue weighted by Gasteiger charge is -2.28. The molecule has 2 fully saturated rings. The fourth-order valence-corrected chi connectivity index (χ4v) is 3.22. The molecular formula is C13H19NO. The Morgan fingerprint density at radius 2 is 2.00 bits per heavy atom. The third-order valence-corrected chi connectivity index (χ3v) is 3.86. The molecule has 1 unspecified atom stereocenters. The summed E-state index contributed by atoms with van der Waals surface area (Å²) in [5.74, 6) is 3.06. The molecule has 0 aliphatic carbocycles. The average molecular weight is 205 g/mol. The summed E-state index contributed by atoms with van der Waals surface area (Å²) in [7, 11) is 0. The van der Waals surface area contributed by atoms with E-state index in [0.29, 0.717) is 0 Å². The number of piperidine rings is 1. The molecule has 2 bridgehead atoms. The van der Waals surface area contributed by atoms with Gasteiger partial charge in [0.1, 0.15) is 11.5 Å². The van der Waals surface area contributed by atoms with Crippen LogP contribution in [0.4, 0.5) is 0 Å². The van der Waals surface area contributed by atoms with Crippen molar-refractivity contribution in [3.8, 4) is 0 Å². The Bertz CT molecular complexity index is 332. The maximum Gasteiger partial charge on any atom is 0.104 e. The first-order valence-electron chi connectivity index (χ1n) is 6.11. The zero-order valence-electron chi connectivity index (χ0n) is 9.33. The Morgan fingerprint density at radius 3 is 2.60 bits per heavy atom. The van der Waals surface area contributed by atoms with Gasteiger partial charge in [0.15, 0.2) is 0 Å². The smallest absolute Gasteiger partial charge is 0.104 e. The van der Waals surface area contributed by atoms with Gasteiger partial charge in [-0.05, 0) is 50.7 Å². The molecule has 15 heavy (non-hydrogen) atoms. The molecule has 3 rings (SSSR count). The van der Waals surface area contributed by atoms with E-state index in [1.54, 1.807) is 0 Å². The molecule has 2 aliphatic rings. The molecule has 0 aromatic carbocycles. The highest BCUT2D eigenvalue weighted by Crippen LogP contribution is 2.32. The van der Waals surface area contributed by atoms with Crippen molar-refractivity contribution >= 4 is 0 Å². The highest BCUT2D eigenvalue weighted by molar-refractivity contribution is 5.07. The van der Waals surface area contributed by atoms with Crippen LogP contribution in [-0.2, 0) is 6.42 Å². The van der Waals surface area contributed by atoms with E-state index < -0.39 is 0 Å². The minimum Gasteiger partial charge on any atom is -0.466 e. The second-order valence-electron chi connectivity index (χ2n) is 5.19. The van der Waals surface area contributed by atoms with Gasteiger partial charge in [-0.2, -0.15) is 0 Å². The standard InChI is InChI=1S/C13H19NO/c1-9-2-5-13(15-9)8-10-6-11-3-4-12(7-10)14-11/h2,5,10-12,14H,3-4,6-8H2,1H3/t10?,11-,12+. The molecule has 1 aromatic rings. The topological polar surface area (TPSA) is 25.2 Å². The highest BCUT2D eigenvalue weighted by atomic mass is 16.3. The second kappa shape index (κ2) is 3.67. The Balaban J connectivity index is 1.64. The molecule has 2 aliphatic heterocycles. The number of furan rings is 1. The lowest BCUT2D eigenvalue weighted by Crippen LogP contribution is -2.38. The van der Waals surface area contributed by atoms with E-state index in [0.717, 1.165) is 30.2 Å². The van der Waals surface area contributed by atoms with Crippen LogP contribution in [0.5, 0.6) is 0 Å². The lowest BCUT2D eigenvalue weighted by atomic mass is 9.89. The van der Waals surface area contributed by atoms with Crippen LogP contribution in [0.1, 0.15) is 37.2 Å². The van der Waals surface area contributed by atoms with Gasteiger partial charge in [0.2, 0.25) is 0 Å². The monoisotopic (exact) mass is 205 g/mol. The summed E-state index contributed by atoms with van der Waals surface area (Å²) in [6, 6.07) is 5.80. The number of hydrogen-bond acceptors (Lipinski definition) is 2. The van der Waals surface area contributed by atoms with E-state index in [-0.39, 0.29) is 0 Å². The van der Waals surface area contributed by atoms with Crippen molar-refractivity contribution in [3.05, 3.63) is 23.7 Å². The molecule has 2 saturated heterocycles. The van der Waals surface area contributed by atoms with Crippen LogP contribution in [0.25, 0.3) is 0 Å². The van der Waals surface area contributed by atoms with Crippen LogP contribution in [0, 0.1) is 12.8 Å². The Labute approximate surface area is 91.0 Å². The third-order valence-electron chi connectivity index (χ3n) is 3.86. The van der Waals surface area contributed by atoms with Crippen LogP contribution in [0.3, 0.4) is 0 Å². The largest absolute Gasteiger partial charge is 0.466 e. The van der Waals surface area contributed by atoms with Crippen molar-refractivity contribution in [1.29, 1.82) is 0 Å². The molecule has 1 N–H and O–H groups in total. The van der Waals surface area contributed by atoms with Gasteiger partial charge in [-0.15, -0.1) is 0 Å². The van der Waals surface area contributed by atoms with E-state index in [4.69, 9.17) is 4.42 Å². The summed E-state index contributed by atoms with van der Waals surface area (Å²) in [6.45, 7) is 2.02. The van der Waals surface area contributed by atoms with Crippen LogP contribution < -0.4 is 5.32 Å². The first-order valence-corrected chi connectivity index (χ1v) is 6.11. The number of rotatable bonds is 2. The summed E-state index contributed by atoms with van der Waals surface area (Å²) in [6.07, 6.45) is 6.60. The number of fused-ring (bicyclic) bond motifs is 2. The van der Waals surface area contributed by atoms with Crippen molar-refractivity contribution in [2.45, 2.75) is 51.1 Å². The number of aryl methyl sites for hydroxylation is 1. The molecule has 0 saturated carbocycles. The van der Waals surface area contributed by atoms with Gasteiger partial charge < -0.3 is 9.73 Å². The Hall–Kier alpha value is -0.760. The van der Waals surface area contributed by atoms with Gasteiger partial charge in [0, 0.05) is 18.5 Å². The summed E-state index contributed by atoms with van der Waals surface area (Å²) in [5.41, 5.74) is 0. The summed E-state index contributed by atoms with van der Waals surface area (Å²) >= 11 is 0. The molecule has 82 valence electrons. The fraction of sp³-hybridized carbons (Fsp3) is 0.692. The van der Waals surface area contributed by atoms with Crippen molar-refractivity contribution in [2.24, 2.45) is 5.92 Å². The minimum absolute atomic E-state index is 0.796. The summed E-state index contributed by atoms with van der Waals surface area (Å²) in [4.78, 5) is 0. The molecule has 3 atom stereocenters. The molecular weight excluding hydrogens is 186 g/mol. The average Bonchev–Trinajstić information content (AvgIpc) is 2.74. The van der Waals surface area contributed by atoms with E-state index in [9.17, 15) is 0 Å². The molecule has 3 heterocycles. The van der Waals surface area contributed by atoms with Gasteiger partial charge in [-0.3, -0.25) is 0 Å². The predicted molar refractivity (Wildman–Crippen MR) is 59.8 cm³/mol. The molecule has 1 aromatic heterocycles. The van der Waals surface area contributed by atoms with Gasteiger partial charge in [0.25, 0.3) is 0 Å². The molecule has 2 heteroatoms. The maximum absolute atomic E-state index is 5.66. The Kier molecular flexibility index (Phi) is 2.32. The first kappa shape index (κ1) is 9.46. The van der Waals surface area contributed by atoms with Crippen LogP contribution in [0.2, 0.25) is 0 Å². The quantitative estimate of drug-likeness (QED) is 0.803. The van der Waals surface area contributed by atoms with Crippen molar-refractivity contribution < 1.29 is 4.42 Å². The van der Waals surface area contributed by atoms with Gasteiger partial charge in [0.05, 0.1) is 0 Å². The molecule has 2 nitrogen and oxygen atoms in total. The summed E-state index contributed by atoms with van der Waals surface area (Å²) in [5, 5.41) is 3.68. The van der Waals surface area contributed by atoms with Crippen molar-refractivity contribution in [1.82, 2.24) is 5.32 Å². The van der Waals surface area contributed by atoms with Gasteiger partial charge >= 0.3 is 0 Å². The first-order chi connectivity index (χ1) is 7.29. The summed E-state index contributed by atoms with van der Waals surface area (Å²) < 4.78 is 5.66. The van der Waals surface area contributed by atoms with Crippen molar-refractivity contribution in [3.63, 3.8) is 0 Å². The number of hydrogen-bond donors (Lipinski definition) is 1. The molecule has 0 spiro atoms. The maximum atomic E-state index is 5.66. The zero-order chi connectivity index (χ0) is 10.3. The second-order valence-corrected chi connectivity index (χ2v) is 5.19. The minimum atomic E-state index is 0.796. The van der Waals surface area contributed by atoms with E-state index >= 15 is 0 Å². The fourth-order valence-electron chi connectivity index (χ4n) is 3.22. The number of nitrogens with one attached hydrogen (secondary N) is 1. The molecule has 0 amide bonds. The molecule has 0 radical (unpaired) electrons. The van der Waals surface area contributed by atoms with Gasteiger partial charge in [-0.25, -0.2) is 0 Å². The van der Waals surface area contributed by atoms with E-state index in [1.165, 1.54) is 31.4 Å². The predicted octanol–water partition coefficient (Wildman–Crippen LogP) is 2.66. The van der Waals surface area contributed by atoms with Crippen LogP contribution >= 0.6 is 0 Å². The zero-order valence-corrected chi connectivity index (χ0v) is 9.33. The Morgan fingerprint density at radius 1 is 1.27 bits per heavy atom.